The molecule has 0 aromatic carbocycles. The summed E-state index contributed by atoms with van der Waals surface area (Å²) in [6, 6.07) is 1.57. The van der Waals surface area contributed by atoms with Gasteiger partial charge in [-0.1, -0.05) is 18.5 Å². The van der Waals surface area contributed by atoms with Crippen LogP contribution in [0.2, 0.25) is 4.34 Å². The SMILES string of the molecule is CCCNC(=O)Nc1ccsc1Cl. The minimum atomic E-state index is -0.206. The minimum Gasteiger partial charge on any atom is -0.338 e. The van der Waals surface area contributed by atoms with Crippen LogP contribution in [0.5, 0.6) is 0 Å². The van der Waals surface area contributed by atoms with Crippen LogP contribution < -0.4 is 10.6 Å². The lowest BCUT2D eigenvalue weighted by Crippen LogP contribution is -2.29. The molecule has 0 atom stereocenters. The molecular weight excluding hydrogens is 208 g/mol. The highest BCUT2D eigenvalue weighted by atomic mass is 35.5. The fourth-order valence-electron chi connectivity index (χ4n) is 0.787. The number of amides is 2. The number of rotatable bonds is 3. The number of hydrogen-bond acceptors (Lipinski definition) is 2. The second kappa shape index (κ2) is 5.09. The Kier molecular flexibility index (Phi) is 4.05. The molecule has 13 heavy (non-hydrogen) atoms. The highest BCUT2D eigenvalue weighted by Crippen LogP contribution is 2.27. The zero-order chi connectivity index (χ0) is 9.68. The van der Waals surface area contributed by atoms with Gasteiger partial charge in [0, 0.05) is 6.54 Å². The summed E-state index contributed by atoms with van der Waals surface area (Å²) in [4.78, 5) is 11.1. The van der Waals surface area contributed by atoms with Crippen LogP contribution in [0.15, 0.2) is 11.4 Å². The quantitative estimate of drug-likeness (QED) is 0.805. The summed E-state index contributed by atoms with van der Waals surface area (Å²) in [6.45, 7) is 2.67. The highest BCUT2D eigenvalue weighted by Gasteiger charge is 2.04. The van der Waals surface area contributed by atoms with Crippen LogP contribution in [-0.4, -0.2) is 12.6 Å². The monoisotopic (exact) mass is 218 g/mol. The Morgan fingerprint density at radius 2 is 2.46 bits per heavy atom. The third kappa shape index (κ3) is 3.24. The van der Waals surface area contributed by atoms with Crippen molar-refractivity contribution < 1.29 is 4.79 Å². The molecule has 0 spiro atoms. The lowest BCUT2D eigenvalue weighted by molar-refractivity contribution is 0.252. The highest BCUT2D eigenvalue weighted by molar-refractivity contribution is 7.15. The van der Waals surface area contributed by atoms with Crippen molar-refractivity contribution in [2.24, 2.45) is 0 Å². The Balaban J connectivity index is 2.41. The fourth-order valence-corrected chi connectivity index (χ4v) is 1.62. The summed E-state index contributed by atoms with van der Waals surface area (Å²) < 4.78 is 0.603. The van der Waals surface area contributed by atoms with Crippen molar-refractivity contribution in [2.75, 3.05) is 11.9 Å². The molecular formula is C8H11ClN2OS. The van der Waals surface area contributed by atoms with Gasteiger partial charge in [0.1, 0.15) is 4.34 Å². The normalized spacial score (nSPS) is 9.69. The largest absolute Gasteiger partial charge is 0.338 e. The lowest BCUT2D eigenvalue weighted by atomic mass is 10.5. The molecule has 1 heterocycles. The summed E-state index contributed by atoms with van der Waals surface area (Å²) in [6.07, 6.45) is 0.921. The second-order valence-electron chi connectivity index (χ2n) is 2.49. The van der Waals surface area contributed by atoms with E-state index in [9.17, 15) is 4.79 Å². The first-order valence-electron chi connectivity index (χ1n) is 4.02. The molecule has 5 heteroatoms. The third-order valence-corrected chi connectivity index (χ3v) is 2.57. The maximum absolute atomic E-state index is 11.1. The number of nitrogens with one attached hydrogen (secondary N) is 2. The fraction of sp³-hybridized carbons (Fsp3) is 0.375. The van der Waals surface area contributed by atoms with E-state index < -0.39 is 0 Å². The van der Waals surface area contributed by atoms with Crippen LogP contribution in [0.4, 0.5) is 10.5 Å². The number of halogens is 1. The third-order valence-electron chi connectivity index (χ3n) is 1.40. The van der Waals surface area contributed by atoms with Gasteiger partial charge in [0.25, 0.3) is 0 Å². The van der Waals surface area contributed by atoms with Crippen molar-refractivity contribution in [1.29, 1.82) is 0 Å². The zero-order valence-corrected chi connectivity index (χ0v) is 8.84. The molecule has 0 saturated carbocycles. The summed E-state index contributed by atoms with van der Waals surface area (Å²) in [5.41, 5.74) is 0.667. The van der Waals surface area contributed by atoms with Crippen molar-refractivity contribution in [3.8, 4) is 0 Å². The molecule has 0 aliphatic carbocycles. The molecule has 72 valence electrons. The van der Waals surface area contributed by atoms with Crippen LogP contribution >= 0.6 is 22.9 Å². The first kappa shape index (κ1) is 10.3. The molecule has 0 bridgehead atoms. The van der Waals surface area contributed by atoms with E-state index in [1.54, 1.807) is 6.07 Å². The summed E-state index contributed by atoms with van der Waals surface area (Å²) in [5.74, 6) is 0. The Morgan fingerprint density at radius 3 is 3.00 bits per heavy atom. The van der Waals surface area contributed by atoms with Crippen LogP contribution in [0, 0.1) is 0 Å². The number of urea groups is 1. The predicted molar refractivity (Wildman–Crippen MR) is 56.6 cm³/mol. The smallest absolute Gasteiger partial charge is 0.319 e. The molecule has 2 amide bonds. The molecule has 0 radical (unpaired) electrons. The van der Waals surface area contributed by atoms with Gasteiger partial charge in [-0.15, -0.1) is 11.3 Å². The van der Waals surface area contributed by atoms with Gasteiger partial charge in [-0.2, -0.15) is 0 Å². The number of carbonyl (C=O) groups is 1. The number of hydrogen-bond donors (Lipinski definition) is 2. The van der Waals surface area contributed by atoms with Gasteiger partial charge >= 0.3 is 6.03 Å². The van der Waals surface area contributed by atoms with Crippen molar-refractivity contribution in [1.82, 2.24) is 5.32 Å². The molecule has 3 nitrogen and oxygen atoms in total. The van der Waals surface area contributed by atoms with E-state index in [1.165, 1.54) is 11.3 Å². The van der Waals surface area contributed by atoms with Gasteiger partial charge in [0.2, 0.25) is 0 Å². The van der Waals surface area contributed by atoms with E-state index in [1.807, 2.05) is 12.3 Å². The van der Waals surface area contributed by atoms with Gasteiger partial charge in [-0.25, -0.2) is 4.79 Å². The van der Waals surface area contributed by atoms with E-state index in [-0.39, 0.29) is 6.03 Å². The maximum atomic E-state index is 11.1. The number of anilines is 1. The van der Waals surface area contributed by atoms with Crippen LogP contribution in [0.1, 0.15) is 13.3 Å². The molecule has 0 unspecified atom stereocenters. The molecule has 1 aromatic heterocycles. The molecule has 0 aliphatic rings. The van der Waals surface area contributed by atoms with Gasteiger partial charge in [-0.3, -0.25) is 0 Å². The van der Waals surface area contributed by atoms with E-state index in [2.05, 4.69) is 10.6 Å². The van der Waals surface area contributed by atoms with Crippen LogP contribution in [0.25, 0.3) is 0 Å². The van der Waals surface area contributed by atoms with Gasteiger partial charge in [0.05, 0.1) is 5.69 Å². The van der Waals surface area contributed by atoms with Crippen molar-refractivity contribution >= 4 is 34.7 Å². The van der Waals surface area contributed by atoms with E-state index >= 15 is 0 Å². The molecule has 0 saturated heterocycles. The van der Waals surface area contributed by atoms with Crippen LogP contribution in [-0.2, 0) is 0 Å². The van der Waals surface area contributed by atoms with Crippen molar-refractivity contribution in [3.63, 3.8) is 0 Å². The first-order chi connectivity index (χ1) is 6.24. The van der Waals surface area contributed by atoms with Gasteiger partial charge in [-0.05, 0) is 17.9 Å². The Labute approximate surface area is 86.1 Å². The van der Waals surface area contributed by atoms with Gasteiger partial charge < -0.3 is 10.6 Å². The van der Waals surface area contributed by atoms with E-state index in [4.69, 9.17) is 11.6 Å². The molecule has 0 aliphatic heterocycles. The average molecular weight is 219 g/mol. The summed E-state index contributed by atoms with van der Waals surface area (Å²) >= 11 is 7.19. The second-order valence-corrected chi connectivity index (χ2v) is 4.01. The zero-order valence-electron chi connectivity index (χ0n) is 7.26. The minimum absolute atomic E-state index is 0.206. The molecule has 0 fully saturated rings. The average Bonchev–Trinajstić information content (AvgIpc) is 2.48. The summed E-state index contributed by atoms with van der Waals surface area (Å²) in [7, 11) is 0. The summed E-state index contributed by atoms with van der Waals surface area (Å²) in [5, 5.41) is 7.18. The molecule has 1 rings (SSSR count). The topological polar surface area (TPSA) is 41.1 Å². The van der Waals surface area contributed by atoms with E-state index in [0.29, 0.717) is 16.6 Å². The predicted octanol–water partition coefficient (Wildman–Crippen LogP) is 2.93. The van der Waals surface area contributed by atoms with E-state index in [0.717, 1.165) is 6.42 Å². The molecule has 1 aromatic rings. The van der Waals surface area contributed by atoms with Gasteiger partial charge in [0.15, 0.2) is 0 Å². The number of carbonyl (C=O) groups excluding carboxylic acids is 1. The molecule has 2 N–H and O–H groups in total. The maximum Gasteiger partial charge on any atom is 0.319 e. The Bertz CT molecular complexity index is 287. The standard InChI is InChI=1S/C8H11ClN2OS/c1-2-4-10-8(12)11-6-3-5-13-7(6)9/h3,5H,2,4H2,1H3,(H2,10,11,12). The Hall–Kier alpha value is -0.740. The lowest BCUT2D eigenvalue weighted by Gasteiger charge is -2.04. The van der Waals surface area contributed by atoms with Crippen molar-refractivity contribution in [2.45, 2.75) is 13.3 Å². The number of thiophene rings is 1. The Morgan fingerprint density at radius 1 is 1.69 bits per heavy atom. The van der Waals surface area contributed by atoms with Crippen LogP contribution in [0.3, 0.4) is 0 Å². The first-order valence-corrected chi connectivity index (χ1v) is 5.27. The van der Waals surface area contributed by atoms with Crippen molar-refractivity contribution in [3.05, 3.63) is 15.8 Å².